The maximum Gasteiger partial charge on any atom is 0.231 e. The van der Waals surface area contributed by atoms with Gasteiger partial charge in [0.15, 0.2) is 11.5 Å². The third-order valence-electron chi connectivity index (χ3n) is 1.99. The van der Waals surface area contributed by atoms with Crippen molar-refractivity contribution >= 4 is 6.29 Å². The number of aldehydes is 1. The Morgan fingerprint density at radius 1 is 1.36 bits per heavy atom. The fourth-order valence-corrected chi connectivity index (χ4v) is 1.33. The van der Waals surface area contributed by atoms with E-state index in [0.717, 1.165) is 23.3 Å². The zero-order valence-electron chi connectivity index (χ0n) is 7.66. The molecule has 1 heterocycles. The average molecular weight is 193 g/mol. The van der Waals surface area contributed by atoms with Crippen molar-refractivity contribution in [3.8, 4) is 11.5 Å². The number of ether oxygens (including phenoxy) is 2. The number of rotatable bonds is 4. The van der Waals surface area contributed by atoms with Crippen molar-refractivity contribution in [2.45, 2.75) is 6.54 Å². The third-order valence-corrected chi connectivity index (χ3v) is 1.99. The first-order valence-corrected chi connectivity index (χ1v) is 4.43. The van der Waals surface area contributed by atoms with E-state index in [9.17, 15) is 4.79 Å². The van der Waals surface area contributed by atoms with Gasteiger partial charge in [0.05, 0.1) is 6.54 Å². The quantitative estimate of drug-likeness (QED) is 0.565. The summed E-state index contributed by atoms with van der Waals surface area (Å²) in [5, 5.41) is 2.98. The standard InChI is InChI=1S/C10H11NO3/c12-4-3-11-6-8-1-2-9-10(5-8)14-7-13-9/h1-2,4-5,11H,3,6-7H2. The molecule has 2 rings (SSSR count). The van der Waals surface area contributed by atoms with Crippen LogP contribution in [0.5, 0.6) is 11.5 Å². The van der Waals surface area contributed by atoms with E-state index >= 15 is 0 Å². The van der Waals surface area contributed by atoms with Crippen LogP contribution >= 0.6 is 0 Å². The maximum atomic E-state index is 10.1. The molecule has 0 amide bonds. The van der Waals surface area contributed by atoms with Crippen molar-refractivity contribution in [2.24, 2.45) is 0 Å². The Hall–Kier alpha value is -1.55. The van der Waals surface area contributed by atoms with Gasteiger partial charge in [0.2, 0.25) is 6.79 Å². The second kappa shape index (κ2) is 4.11. The molecule has 1 aromatic rings. The summed E-state index contributed by atoms with van der Waals surface area (Å²) in [5.74, 6) is 1.56. The Bertz CT molecular complexity index is 338. The molecule has 0 atom stereocenters. The monoisotopic (exact) mass is 193 g/mol. The van der Waals surface area contributed by atoms with E-state index in [1.54, 1.807) is 0 Å². The highest BCUT2D eigenvalue weighted by Crippen LogP contribution is 2.32. The summed E-state index contributed by atoms with van der Waals surface area (Å²) >= 11 is 0. The van der Waals surface area contributed by atoms with E-state index in [2.05, 4.69) is 5.32 Å². The molecule has 0 spiro atoms. The van der Waals surface area contributed by atoms with Crippen molar-refractivity contribution in [3.05, 3.63) is 23.8 Å². The number of nitrogens with one attached hydrogen (secondary N) is 1. The molecule has 1 aliphatic heterocycles. The first-order valence-electron chi connectivity index (χ1n) is 4.43. The third kappa shape index (κ3) is 1.85. The molecule has 4 nitrogen and oxygen atoms in total. The number of hydrogen-bond acceptors (Lipinski definition) is 4. The van der Waals surface area contributed by atoms with E-state index in [1.165, 1.54) is 0 Å². The summed E-state index contributed by atoms with van der Waals surface area (Å²) in [5.41, 5.74) is 1.08. The van der Waals surface area contributed by atoms with Crippen LogP contribution in [0.25, 0.3) is 0 Å². The minimum atomic E-state index is 0.292. The van der Waals surface area contributed by atoms with Gasteiger partial charge in [0, 0.05) is 6.54 Å². The van der Waals surface area contributed by atoms with E-state index in [4.69, 9.17) is 9.47 Å². The minimum absolute atomic E-state index is 0.292. The predicted octanol–water partition coefficient (Wildman–Crippen LogP) is 0.704. The van der Waals surface area contributed by atoms with Gasteiger partial charge in [-0.15, -0.1) is 0 Å². The van der Waals surface area contributed by atoms with Crippen LogP contribution in [0, 0.1) is 0 Å². The van der Waals surface area contributed by atoms with E-state index in [0.29, 0.717) is 19.9 Å². The Morgan fingerprint density at radius 3 is 3.07 bits per heavy atom. The summed E-state index contributed by atoms with van der Waals surface area (Å²) in [6, 6.07) is 5.74. The van der Waals surface area contributed by atoms with Crippen LogP contribution in [0.4, 0.5) is 0 Å². The van der Waals surface area contributed by atoms with Gasteiger partial charge in [-0.05, 0) is 17.7 Å². The van der Waals surface area contributed by atoms with Crippen LogP contribution in [-0.2, 0) is 11.3 Å². The summed E-state index contributed by atoms with van der Waals surface area (Å²) < 4.78 is 10.4. The average Bonchev–Trinajstić information content (AvgIpc) is 2.65. The lowest BCUT2D eigenvalue weighted by Gasteiger charge is -2.02. The zero-order chi connectivity index (χ0) is 9.80. The molecule has 1 aromatic carbocycles. The van der Waals surface area contributed by atoms with E-state index in [1.807, 2.05) is 18.2 Å². The summed E-state index contributed by atoms with van der Waals surface area (Å²) in [6.45, 7) is 1.32. The first kappa shape index (κ1) is 9.02. The normalized spacial score (nSPS) is 12.9. The highest BCUT2D eigenvalue weighted by atomic mass is 16.7. The molecular weight excluding hydrogens is 182 g/mol. The topological polar surface area (TPSA) is 47.6 Å². The molecule has 0 radical (unpaired) electrons. The van der Waals surface area contributed by atoms with Crippen molar-refractivity contribution < 1.29 is 14.3 Å². The van der Waals surface area contributed by atoms with E-state index < -0.39 is 0 Å². The van der Waals surface area contributed by atoms with Gasteiger partial charge < -0.3 is 19.6 Å². The van der Waals surface area contributed by atoms with Gasteiger partial charge in [-0.3, -0.25) is 0 Å². The lowest BCUT2D eigenvalue weighted by molar-refractivity contribution is -0.107. The molecule has 0 aromatic heterocycles. The number of carbonyl (C=O) groups is 1. The fourth-order valence-electron chi connectivity index (χ4n) is 1.33. The van der Waals surface area contributed by atoms with Gasteiger partial charge >= 0.3 is 0 Å². The molecule has 0 saturated heterocycles. The van der Waals surface area contributed by atoms with Crippen LogP contribution in [0.3, 0.4) is 0 Å². The summed E-state index contributed by atoms with van der Waals surface area (Å²) in [7, 11) is 0. The first-order chi connectivity index (χ1) is 6.90. The fraction of sp³-hybridized carbons (Fsp3) is 0.300. The molecular formula is C10H11NO3. The Balaban J connectivity index is 2.01. The predicted molar refractivity (Wildman–Crippen MR) is 50.3 cm³/mol. The molecule has 4 heteroatoms. The second-order valence-corrected chi connectivity index (χ2v) is 2.99. The van der Waals surface area contributed by atoms with Crippen molar-refractivity contribution in [3.63, 3.8) is 0 Å². The highest BCUT2D eigenvalue weighted by molar-refractivity contribution is 5.52. The van der Waals surface area contributed by atoms with Crippen LogP contribution in [0.15, 0.2) is 18.2 Å². The maximum absolute atomic E-state index is 10.1. The zero-order valence-corrected chi connectivity index (χ0v) is 7.66. The van der Waals surface area contributed by atoms with Crippen molar-refractivity contribution in [1.82, 2.24) is 5.32 Å². The van der Waals surface area contributed by atoms with Gasteiger partial charge in [0.25, 0.3) is 0 Å². The number of fused-ring (bicyclic) bond motifs is 1. The molecule has 1 N–H and O–H groups in total. The van der Waals surface area contributed by atoms with Gasteiger partial charge in [-0.2, -0.15) is 0 Å². The van der Waals surface area contributed by atoms with Gasteiger partial charge in [0.1, 0.15) is 6.29 Å². The summed E-state index contributed by atoms with van der Waals surface area (Å²) in [4.78, 5) is 10.1. The number of hydrogen-bond donors (Lipinski definition) is 1. The van der Waals surface area contributed by atoms with Crippen molar-refractivity contribution in [1.29, 1.82) is 0 Å². The largest absolute Gasteiger partial charge is 0.454 e. The van der Waals surface area contributed by atoms with Crippen molar-refractivity contribution in [2.75, 3.05) is 13.3 Å². The molecule has 74 valence electrons. The molecule has 0 bridgehead atoms. The van der Waals surface area contributed by atoms with Crippen LogP contribution in [0.2, 0.25) is 0 Å². The molecule has 0 aliphatic carbocycles. The van der Waals surface area contributed by atoms with Crippen LogP contribution in [-0.4, -0.2) is 19.6 Å². The molecule has 14 heavy (non-hydrogen) atoms. The molecule has 0 fully saturated rings. The van der Waals surface area contributed by atoms with Crippen LogP contribution < -0.4 is 14.8 Å². The lowest BCUT2D eigenvalue weighted by atomic mass is 10.2. The Morgan fingerprint density at radius 2 is 2.21 bits per heavy atom. The summed E-state index contributed by atoms with van der Waals surface area (Å²) in [6.07, 6.45) is 0.840. The molecule has 0 saturated carbocycles. The highest BCUT2D eigenvalue weighted by Gasteiger charge is 2.12. The number of carbonyl (C=O) groups excluding carboxylic acids is 1. The second-order valence-electron chi connectivity index (χ2n) is 2.99. The number of benzene rings is 1. The lowest BCUT2D eigenvalue weighted by Crippen LogP contribution is -2.15. The minimum Gasteiger partial charge on any atom is -0.454 e. The Kier molecular flexibility index (Phi) is 2.65. The van der Waals surface area contributed by atoms with Gasteiger partial charge in [-0.1, -0.05) is 6.07 Å². The SMILES string of the molecule is O=CCNCc1ccc2c(c1)OCO2. The molecule has 0 unspecified atom stereocenters. The van der Waals surface area contributed by atoms with Gasteiger partial charge in [-0.25, -0.2) is 0 Å². The van der Waals surface area contributed by atoms with E-state index in [-0.39, 0.29) is 0 Å². The molecule has 1 aliphatic rings. The van der Waals surface area contributed by atoms with Crippen LogP contribution in [0.1, 0.15) is 5.56 Å². The Labute approximate surface area is 81.8 Å². The smallest absolute Gasteiger partial charge is 0.231 e.